The van der Waals surface area contributed by atoms with Gasteiger partial charge < -0.3 is 9.84 Å². The molecule has 1 saturated carbocycles. The van der Waals surface area contributed by atoms with Crippen molar-refractivity contribution < 1.29 is 9.84 Å². The van der Waals surface area contributed by atoms with Gasteiger partial charge in [0.2, 0.25) is 0 Å². The number of hydrogen-bond donors (Lipinski definition) is 1. The second-order valence-electron chi connectivity index (χ2n) is 9.19. The molecule has 3 aromatic carbocycles. The third kappa shape index (κ3) is 3.02. The fourth-order valence-corrected chi connectivity index (χ4v) is 5.35. The third-order valence-electron chi connectivity index (χ3n) is 7.46. The van der Waals surface area contributed by atoms with Crippen LogP contribution in [0.2, 0.25) is 0 Å². The molecule has 30 heavy (non-hydrogen) atoms. The molecular formula is C28H32O2. The molecule has 1 aliphatic rings. The molecule has 0 radical (unpaired) electrons. The molecule has 2 heteroatoms. The van der Waals surface area contributed by atoms with Crippen molar-refractivity contribution in [2.24, 2.45) is 17.3 Å². The van der Waals surface area contributed by atoms with Crippen LogP contribution in [-0.4, -0.2) is 17.3 Å². The molecule has 2 nitrogen and oxygen atoms in total. The molecule has 1 N–H and O–H groups in total. The fraction of sp³-hybridized carbons (Fsp3) is 0.357. The summed E-state index contributed by atoms with van der Waals surface area (Å²) in [5, 5.41) is 11.3. The average Bonchev–Trinajstić information content (AvgIpc) is 3.24. The van der Waals surface area contributed by atoms with Crippen LogP contribution in [0.1, 0.15) is 44.4 Å². The molecule has 0 unspecified atom stereocenters. The molecule has 0 heterocycles. The highest BCUT2D eigenvalue weighted by molar-refractivity contribution is 5.47. The summed E-state index contributed by atoms with van der Waals surface area (Å²) < 4.78 is 6.97. The van der Waals surface area contributed by atoms with Gasteiger partial charge >= 0.3 is 0 Å². The highest BCUT2D eigenvalue weighted by atomic mass is 16.5. The average molecular weight is 401 g/mol. The monoisotopic (exact) mass is 400 g/mol. The maximum absolute atomic E-state index is 11.3. The largest absolute Gasteiger partial charge is 0.389 e. The molecule has 0 aliphatic heterocycles. The fourth-order valence-electron chi connectivity index (χ4n) is 5.35. The smallest absolute Gasteiger partial charge is 0.143 e. The van der Waals surface area contributed by atoms with E-state index in [1.807, 2.05) is 18.2 Å². The minimum Gasteiger partial charge on any atom is -0.389 e. The zero-order chi connectivity index (χ0) is 21.4. The standard InChI is InChI=1S/C28H32O2/c1-21(2)28(29)22(3)26(28,4)20-30-27(23-14-8-5-9-15-23,24-16-10-6-11-17-24)25-18-12-7-13-19-25/h5-19,21-22,29H,20H2,1-4H3/t22-,26-,28-/m0/s1. The summed E-state index contributed by atoms with van der Waals surface area (Å²) in [6, 6.07) is 31.3. The molecule has 0 amide bonds. The summed E-state index contributed by atoms with van der Waals surface area (Å²) in [7, 11) is 0. The van der Waals surface area contributed by atoms with E-state index in [-0.39, 0.29) is 17.3 Å². The van der Waals surface area contributed by atoms with Gasteiger partial charge in [0.1, 0.15) is 5.60 Å². The quantitative estimate of drug-likeness (QED) is 0.490. The zero-order valence-electron chi connectivity index (χ0n) is 18.4. The lowest BCUT2D eigenvalue weighted by molar-refractivity contribution is -0.0425. The van der Waals surface area contributed by atoms with Crippen LogP contribution < -0.4 is 0 Å². The van der Waals surface area contributed by atoms with Crippen LogP contribution >= 0.6 is 0 Å². The van der Waals surface area contributed by atoms with Gasteiger partial charge in [-0.05, 0) is 28.5 Å². The number of benzene rings is 3. The summed E-state index contributed by atoms with van der Waals surface area (Å²) in [6.07, 6.45) is 0. The van der Waals surface area contributed by atoms with Crippen LogP contribution in [0.3, 0.4) is 0 Å². The number of aliphatic hydroxyl groups is 1. The SMILES string of the molecule is CC(C)[C@]1(O)[C@@H](C)[C@]1(C)COC(c1ccccc1)(c1ccccc1)c1ccccc1. The molecule has 1 fully saturated rings. The second-order valence-corrected chi connectivity index (χ2v) is 9.19. The Kier molecular flexibility index (Phi) is 5.34. The van der Waals surface area contributed by atoms with E-state index in [1.165, 1.54) is 0 Å². The van der Waals surface area contributed by atoms with Crippen molar-refractivity contribution in [2.75, 3.05) is 6.61 Å². The third-order valence-corrected chi connectivity index (χ3v) is 7.46. The van der Waals surface area contributed by atoms with E-state index in [2.05, 4.69) is 100 Å². The first-order valence-electron chi connectivity index (χ1n) is 10.9. The Morgan fingerprint density at radius 2 is 1.17 bits per heavy atom. The highest BCUT2D eigenvalue weighted by Crippen LogP contribution is 2.65. The van der Waals surface area contributed by atoms with Crippen molar-refractivity contribution in [3.63, 3.8) is 0 Å². The summed E-state index contributed by atoms with van der Waals surface area (Å²) >= 11 is 0. The van der Waals surface area contributed by atoms with Crippen LogP contribution in [0.5, 0.6) is 0 Å². The Labute approximate surface area is 180 Å². The lowest BCUT2D eigenvalue weighted by Gasteiger charge is -2.37. The van der Waals surface area contributed by atoms with Gasteiger partial charge in [-0.2, -0.15) is 0 Å². The van der Waals surface area contributed by atoms with E-state index in [0.717, 1.165) is 16.7 Å². The van der Waals surface area contributed by atoms with Crippen molar-refractivity contribution in [1.82, 2.24) is 0 Å². The van der Waals surface area contributed by atoms with Crippen molar-refractivity contribution in [3.05, 3.63) is 108 Å². The number of ether oxygens (including phenoxy) is 1. The Balaban J connectivity index is 1.84. The van der Waals surface area contributed by atoms with Crippen molar-refractivity contribution in [2.45, 2.75) is 38.9 Å². The molecule has 1 aliphatic carbocycles. The summed E-state index contributed by atoms with van der Waals surface area (Å²) in [4.78, 5) is 0. The first kappa shape index (κ1) is 20.8. The lowest BCUT2D eigenvalue weighted by Crippen LogP contribution is -2.37. The molecule has 0 bridgehead atoms. The maximum Gasteiger partial charge on any atom is 0.143 e. The van der Waals surface area contributed by atoms with E-state index < -0.39 is 11.2 Å². The van der Waals surface area contributed by atoms with Crippen molar-refractivity contribution >= 4 is 0 Å². The van der Waals surface area contributed by atoms with Crippen molar-refractivity contribution in [1.29, 1.82) is 0 Å². The highest BCUT2D eigenvalue weighted by Gasteiger charge is 2.72. The van der Waals surface area contributed by atoms with Crippen LogP contribution in [0.4, 0.5) is 0 Å². The molecule has 3 aromatic rings. The zero-order valence-corrected chi connectivity index (χ0v) is 18.4. The van der Waals surface area contributed by atoms with Gasteiger partial charge in [-0.25, -0.2) is 0 Å². The molecular weight excluding hydrogens is 368 g/mol. The minimum atomic E-state index is -0.743. The predicted molar refractivity (Wildman–Crippen MR) is 122 cm³/mol. The van der Waals surface area contributed by atoms with Crippen molar-refractivity contribution in [3.8, 4) is 0 Å². The minimum absolute atomic E-state index is 0.181. The molecule has 0 saturated heterocycles. The van der Waals surface area contributed by atoms with Gasteiger partial charge in [0, 0.05) is 5.41 Å². The molecule has 0 aromatic heterocycles. The number of rotatable bonds is 7. The summed E-state index contributed by atoms with van der Waals surface area (Å²) in [5.74, 6) is 0.366. The molecule has 0 spiro atoms. The topological polar surface area (TPSA) is 29.5 Å². The molecule has 4 rings (SSSR count). The Morgan fingerprint density at radius 3 is 1.47 bits per heavy atom. The van der Waals surface area contributed by atoms with Crippen LogP contribution in [0, 0.1) is 17.3 Å². The van der Waals surface area contributed by atoms with Crippen LogP contribution in [-0.2, 0) is 10.3 Å². The van der Waals surface area contributed by atoms with Gasteiger partial charge in [0.05, 0.1) is 12.2 Å². The first-order chi connectivity index (χ1) is 14.4. The number of hydrogen-bond acceptors (Lipinski definition) is 2. The van der Waals surface area contributed by atoms with E-state index in [1.54, 1.807) is 0 Å². The first-order valence-corrected chi connectivity index (χ1v) is 10.9. The lowest BCUT2D eigenvalue weighted by atomic mass is 9.80. The van der Waals surface area contributed by atoms with Gasteiger partial charge in [0.15, 0.2) is 0 Å². The van der Waals surface area contributed by atoms with E-state index in [4.69, 9.17) is 4.74 Å². The Hall–Kier alpha value is -2.42. The van der Waals surface area contributed by atoms with Gasteiger partial charge in [-0.3, -0.25) is 0 Å². The second kappa shape index (κ2) is 7.68. The molecule has 156 valence electrons. The Bertz CT molecular complexity index is 871. The molecule has 3 atom stereocenters. The van der Waals surface area contributed by atoms with Gasteiger partial charge in [0.25, 0.3) is 0 Å². The van der Waals surface area contributed by atoms with E-state index >= 15 is 0 Å². The summed E-state index contributed by atoms with van der Waals surface area (Å²) in [6.45, 7) is 8.96. The normalized spacial score (nSPS) is 26.0. The van der Waals surface area contributed by atoms with E-state index in [9.17, 15) is 5.11 Å². The van der Waals surface area contributed by atoms with Crippen LogP contribution in [0.25, 0.3) is 0 Å². The summed E-state index contributed by atoms with van der Waals surface area (Å²) in [5.41, 5.74) is 1.53. The van der Waals surface area contributed by atoms with Gasteiger partial charge in [-0.15, -0.1) is 0 Å². The Morgan fingerprint density at radius 1 is 0.800 bits per heavy atom. The van der Waals surface area contributed by atoms with Crippen LogP contribution in [0.15, 0.2) is 91.0 Å². The van der Waals surface area contributed by atoms with E-state index in [0.29, 0.717) is 6.61 Å². The predicted octanol–water partition coefficient (Wildman–Crippen LogP) is 6.04. The van der Waals surface area contributed by atoms with Gasteiger partial charge in [-0.1, -0.05) is 119 Å². The maximum atomic E-state index is 11.3.